The van der Waals surface area contributed by atoms with Crippen LogP contribution in [-0.4, -0.2) is 23.2 Å². The van der Waals surface area contributed by atoms with Crippen LogP contribution in [0.1, 0.15) is 11.1 Å². The van der Waals surface area contributed by atoms with Gasteiger partial charge in [-0.1, -0.05) is 42.5 Å². The SMILES string of the molecule is COc1cccc(-c2oc(C(S)C(=O)O)nc2-c2ccccc2)c1. The molecule has 3 rings (SSSR count). The van der Waals surface area contributed by atoms with E-state index in [1.807, 2.05) is 54.6 Å². The zero-order chi connectivity index (χ0) is 17.1. The molecule has 0 aliphatic heterocycles. The van der Waals surface area contributed by atoms with E-state index in [1.54, 1.807) is 7.11 Å². The van der Waals surface area contributed by atoms with Gasteiger partial charge in [0.2, 0.25) is 5.89 Å². The molecule has 1 aromatic heterocycles. The summed E-state index contributed by atoms with van der Waals surface area (Å²) in [5, 5.41) is 8.03. The summed E-state index contributed by atoms with van der Waals surface area (Å²) in [5.41, 5.74) is 2.15. The molecule has 0 aliphatic rings. The van der Waals surface area contributed by atoms with Crippen LogP contribution in [0.3, 0.4) is 0 Å². The first-order valence-corrected chi connectivity index (χ1v) is 7.73. The highest BCUT2D eigenvalue weighted by Gasteiger charge is 2.25. The van der Waals surface area contributed by atoms with Crippen molar-refractivity contribution in [3.63, 3.8) is 0 Å². The number of carbonyl (C=O) groups is 1. The first-order valence-electron chi connectivity index (χ1n) is 7.21. The Morgan fingerprint density at radius 3 is 2.54 bits per heavy atom. The molecule has 0 radical (unpaired) electrons. The van der Waals surface area contributed by atoms with Crippen molar-refractivity contribution in [2.75, 3.05) is 7.11 Å². The number of benzene rings is 2. The van der Waals surface area contributed by atoms with Crippen LogP contribution in [0.4, 0.5) is 0 Å². The predicted molar refractivity (Wildman–Crippen MR) is 93.3 cm³/mol. The predicted octanol–water partition coefficient (Wildman–Crippen LogP) is 4.07. The fraction of sp³-hybridized carbons (Fsp3) is 0.111. The van der Waals surface area contributed by atoms with Gasteiger partial charge < -0.3 is 14.3 Å². The largest absolute Gasteiger partial charge is 0.497 e. The van der Waals surface area contributed by atoms with E-state index >= 15 is 0 Å². The van der Waals surface area contributed by atoms with E-state index in [0.717, 1.165) is 11.1 Å². The second-order valence-electron chi connectivity index (χ2n) is 5.07. The number of thiol groups is 1. The molecule has 1 unspecified atom stereocenters. The van der Waals surface area contributed by atoms with Gasteiger partial charge in [0.05, 0.1) is 7.11 Å². The summed E-state index contributed by atoms with van der Waals surface area (Å²) in [6.07, 6.45) is 0. The highest BCUT2D eigenvalue weighted by Crippen LogP contribution is 2.36. The molecule has 0 saturated heterocycles. The number of carboxylic acids is 1. The lowest BCUT2D eigenvalue weighted by Crippen LogP contribution is -2.05. The number of aliphatic carboxylic acids is 1. The highest BCUT2D eigenvalue weighted by atomic mass is 32.1. The van der Waals surface area contributed by atoms with Crippen LogP contribution in [0.5, 0.6) is 5.75 Å². The zero-order valence-electron chi connectivity index (χ0n) is 12.8. The zero-order valence-corrected chi connectivity index (χ0v) is 13.7. The smallest absolute Gasteiger partial charge is 0.325 e. The molecule has 1 N–H and O–H groups in total. The monoisotopic (exact) mass is 341 g/mol. The number of methoxy groups -OCH3 is 1. The third-order valence-electron chi connectivity index (χ3n) is 3.49. The molecule has 1 atom stereocenters. The van der Waals surface area contributed by atoms with Crippen molar-refractivity contribution < 1.29 is 19.1 Å². The lowest BCUT2D eigenvalue weighted by molar-refractivity contribution is -0.136. The third kappa shape index (κ3) is 3.14. The van der Waals surface area contributed by atoms with Crippen LogP contribution in [0, 0.1) is 0 Å². The van der Waals surface area contributed by atoms with Crippen LogP contribution in [-0.2, 0) is 4.79 Å². The molecule has 0 amide bonds. The Morgan fingerprint density at radius 2 is 1.88 bits per heavy atom. The average Bonchev–Trinajstić information content (AvgIpc) is 3.07. The highest BCUT2D eigenvalue weighted by molar-refractivity contribution is 7.81. The van der Waals surface area contributed by atoms with Crippen LogP contribution in [0.25, 0.3) is 22.6 Å². The Hall–Kier alpha value is -2.73. The molecular formula is C18H15NO4S. The van der Waals surface area contributed by atoms with Gasteiger partial charge in [0.25, 0.3) is 0 Å². The second-order valence-corrected chi connectivity index (χ2v) is 5.58. The molecule has 2 aromatic carbocycles. The normalized spacial score (nSPS) is 11.9. The van der Waals surface area contributed by atoms with Gasteiger partial charge in [0.15, 0.2) is 11.0 Å². The molecule has 0 fully saturated rings. The number of nitrogens with zero attached hydrogens (tertiary/aromatic N) is 1. The van der Waals surface area contributed by atoms with Gasteiger partial charge in [0.1, 0.15) is 11.4 Å². The number of hydrogen-bond donors (Lipinski definition) is 2. The lowest BCUT2D eigenvalue weighted by Gasteiger charge is -2.04. The molecule has 5 nitrogen and oxygen atoms in total. The van der Waals surface area contributed by atoms with Gasteiger partial charge in [-0.2, -0.15) is 12.6 Å². The maximum absolute atomic E-state index is 11.2. The Bertz CT molecular complexity index is 860. The molecule has 3 aromatic rings. The first-order chi connectivity index (χ1) is 11.6. The summed E-state index contributed by atoms with van der Waals surface area (Å²) in [6, 6.07) is 16.8. The fourth-order valence-electron chi connectivity index (χ4n) is 2.31. The molecular weight excluding hydrogens is 326 g/mol. The standard InChI is InChI=1S/C18H15NO4S/c1-22-13-9-5-8-12(10-13)15-14(11-6-3-2-4-7-11)19-17(23-15)16(24)18(20)21/h2-10,16,24H,1H3,(H,20,21). The summed E-state index contributed by atoms with van der Waals surface area (Å²) >= 11 is 4.06. The summed E-state index contributed by atoms with van der Waals surface area (Å²) in [4.78, 5) is 15.6. The van der Waals surface area contributed by atoms with Crippen LogP contribution < -0.4 is 4.74 Å². The Labute approximate surface area is 144 Å². The van der Waals surface area contributed by atoms with Crippen molar-refractivity contribution in [2.24, 2.45) is 0 Å². The van der Waals surface area contributed by atoms with Gasteiger partial charge >= 0.3 is 5.97 Å². The number of aromatic nitrogens is 1. The van der Waals surface area contributed by atoms with E-state index in [1.165, 1.54) is 0 Å². The number of ether oxygens (including phenoxy) is 1. The number of rotatable bonds is 5. The number of carboxylic acid groups (broad SMARTS) is 1. The Morgan fingerprint density at radius 1 is 1.17 bits per heavy atom. The van der Waals surface area contributed by atoms with E-state index < -0.39 is 11.2 Å². The summed E-state index contributed by atoms with van der Waals surface area (Å²) in [6.45, 7) is 0. The van der Waals surface area contributed by atoms with Crippen molar-refractivity contribution in [1.29, 1.82) is 0 Å². The Balaban J connectivity index is 2.17. The number of hydrogen-bond acceptors (Lipinski definition) is 5. The molecule has 0 bridgehead atoms. The first kappa shape index (κ1) is 16.1. The van der Waals surface area contributed by atoms with Gasteiger partial charge in [-0.3, -0.25) is 4.79 Å². The minimum atomic E-state index is -1.13. The maximum atomic E-state index is 11.2. The topological polar surface area (TPSA) is 72.6 Å². The summed E-state index contributed by atoms with van der Waals surface area (Å²) in [7, 11) is 1.58. The van der Waals surface area contributed by atoms with Gasteiger partial charge in [-0.25, -0.2) is 4.98 Å². The van der Waals surface area contributed by atoms with E-state index in [9.17, 15) is 4.79 Å². The van der Waals surface area contributed by atoms with E-state index in [-0.39, 0.29) is 5.89 Å². The molecule has 1 heterocycles. The molecule has 6 heteroatoms. The Kier molecular flexibility index (Phi) is 4.57. The van der Waals surface area contributed by atoms with Crippen molar-refractivity contribution in [2.45, 2.75) is 5.25 Å². The van der Waals surface area contributed by atoms with Crippen LogP contribution in [0.2, 0.25) is 0 Å². The average molecular weight is 341 g/mol. The van der Waals surface area contributed by atoms with Crippen molar-refractivity contribution in [1.82, 2.24) is 4.98 Å². The third-order valence-corrected chi connectivity index (χ3v) is 3.93. The minimum absolute atomic E-state index is 0.0440. The minimum Gasteiger partial charge on any atom is -0.497 e. The van der Waals surface area contributed by atoms with Crippen molar-refractivity contribution in [3.05, 3.63) is 60.5 Å². The second kappa shape index (κ2) is 6.80. The molecule has 0 saturated carbocycles. The fourth-order valence-corrected chi connectivity index (χ4v) is 2.42. The van der Waals surface area contributed by atoms with Crippen LogP contribution in [0.15, 0.2) is 59.0 Å². The molecule has 122 valence electrons. The van der Waals surface area contributed by atoms with Crippen molar-refractivity contribution >= 4 is 18.6 Å². The van der Waals surface area contributed by atoms with E-state index in [0.29, 0.717) is 17.2 Å². The van der Waals surface area contributed by atoms with Gasteiger partial charge in [-0.15, -0.1) is 0 Å². The molecule has 0 spiro atoms. The summed E-state index contributed by atoms with van der Waals surface area (Å²) < 4.78 is 11.0. The van der Waals surface area contributed by atoms with Gasteiger partial charge in [0, 0.05) is 11.1 Å². The quantitative estimate of drug-likeness (QED) is 0.684. The van der Waals surface area contributed by atoms with E-state index in [4.69, 9.17) is 14.3 Å². The lowest BCUT2D eigenvalue weighted by atomic mass is 10.1. The van der Waals surface area contributed by atoms with Crippen LogP contribution >= 0.6 is 12.6 Å². The molecule has 24 heavy (non-hydrogen) atoms. The maximum Gasteiger partial charge on any atom is 0.325 e. The number of oxazole rings is 1. The van der Waals surface area contributed by atoms with Crippen molar-refractivity contribution in [3.8, 4) is 28.3 Å². The van der Waals surface area contributed by atoms with Gasteiger partial charge in [-0.05, 0) is 12.1 Å². The van der Waals surface area contributed by atoms with E-state index in [2.05, 4.69) is 17.6 Å². The molecule has 0 aliphatic carbocycles. The summed E-state index contributed by atoms with van der Waals surface area (Å²) in [5.74, 6) is 0.0828.